The summed E-state index contributed by atoms with van der Waals surface area (Å²) in [5.41, 5.74) is 6.08. The van der Waals surface area contributed by atoms with Crippen LogP contribution in [0.4, 0.5) is 0 Å². The summed E-state index contributed by atoms with van der Waals surface area (Å²) in [5, 5.41) is 0. The topological polar surface area (TPSA) is 44.9 Å². The molecule has 20 heavy (non-hydrogen) atoms. The van der Waals surface area contributed by atoms with E-state index in [-0.39, 0.29) is 24.0 Å². The van der Waals surface area contributed by atoms with Gasteiger partial charge in [-0.05, 0) is 64.1 Å². The third-order valence-electron chi connectivity index (χ3n) is 4.34. The minimum atomic E-state index is 0. The molecule has 2 saturated heterocycles. The number of hydrogen-bond acceptors (Lipinski definition) is 2. The van der Waals surface area contributed by atoms with Gasteiger partial charge in [0, 0.05) is 19.6 Å². The molecule has 2 fully saturated rings. The molecule has 2 aliphatic heterocycles. The van der Waals surface area contributed by atoms with Crippen LogP contribution in [0.3, 0.4) is 0 Å². The number of guanidine groups is 1. The van der Waals surface area contributed by atoms with Gasteiger partial charge in [-0.15, -0.1) is 24.0 Å². The fourth-order valence-electron chi connectivity index (χ4n) is 3.14. The van der Waals surface area contributed by atoms with Crippen LogP contribution in [0.2, 0.25) is 0 Å². The summed E-state index contributed by atoms with van der Waals surface area (Å²) < 4.78 is 0. The summed E-state index contributed by atoms with van der Waals surface area (Å²) in [6, 6.07) is 0. The van der Waals surface area contributed by atoms with Crippen LogP contribution in [0.15, 0.2) is 4.99 Å². The van der Waals surface area contributed by atoms with E-state index in [0.29, 0.717) is 0 Å². The molecule has 4 nitrogen and oxygen atoms in total. The van der Waals surface area contributed by atoms with Gasteiger partial charge in [0.1, 0.15) is 0 Å². The van der Waals surface area contributed by atoms with Gasteiger partial charge in [-0.1, -0.05) is 6.92 Å². The van der Waals surface area contributed by atoms with Crippen molar-refractivity contribution in [2.24, 2.45) is 16.6 Å². The first kappa shape index (κ1) is 18.0. The maximum atomic E-state index is 6.08. The van der Waals surface area contributed by atoms with Crippen molar-refractivity contribution >= 4 is 29.9 Å². The van der Waals surface area contributed by atoms with Gasteiger partial charge in [0.05, 0.1) is 0 Å². The molecule has 5 heteroatoms. The van der Waals surface area contributed by atoms with Crippen molar-refractivity contribution in [3.8, 4) is 0 Å². The number of likely N-dealkylation sites (tertiary alicyclic amines) is 2. The summed E-state index contributed by atoms with van der Waals surface area (Å²) >= 11 is 0. The highest BCUT2D eigenvalue weighted by atomic mass is 127. The zero-order valence-corrected chi connectivity index (χ0v) is 15.2. The van der Waals surface area contributed by atoms with Crippen LogP contribution in [0, 0.1) is 5.92 Å². The molecule has 0 amide bonds. The number of aliphatic imine (C=N–C) groups is 1. The van der Waals surface area contributed by atoms with Crippen molar-refractivity contribution in [3.05, 3.63) is 0 Å². The molecular weight excluding hydrogens is 363 g/mol. The smallest absolute Gasteiger partial charge is 0.191 e. The molecule has 0 aromatic heterocycles. The Morgan fingerprint density at radius 1 is 1.15 bits per heavy atom. The molecule has 0 spiro atoms. The molecule has 2 rings (SSSR count). The first-order chi connectivity index (χ1) is 9.25. The maximum absolute atomic E-state index is 6.08. The molecule has 0 aromatic rings. The van der Waals surface area contributed by atoms with Gasteiger partial charge < -0.3 is 15.5 Å². The summed E-state index contributed by atoms with van der Waals surface area (Å²) in [5.74, 6) is 1.53. The van der Waals surface area contributed by atoms with Crippen molar-refractivity contribution in [3.63, 3.8) is 0 Å². The predicted octanol–water partition coefficient (Wildman–Crippen LogP) is 2.53. The van der Waals surface area contributed by atoms with Crippen molar-refractivity contribution < 1.29 is 0 Å². The third-order valence-corrected chi connectivity index (χ3v) is 4.34. The van der Waals surface area contributed by atoms with E-state index in [2.05, 4.69) is 21.7 Å². The van der Waals surface area contributed by atoms with Crippen LogP contribution >= 0.6 is 24.0 Å². The number of unbranched alkanes of at least 4 members (excludes halogenated alkanes) is 1. The normalized spacial score (nSPS) is 24.8. The van der Waals surface area contributed by atoms with E-state index >= 15 is 0 Å². The highest BCUT2D eigenvalue weighted by Gasteiger charge is 2.17. The van der Waals surface area contributed by atoms with Crippen molar-refractivity contribution in [1.82, 2.24) is 9.80 Å². The standard InChI is InChI=1S/C15H30N4.HI/c1-14-7-6-12-19(13-14)15(16)17-8-2-3-9-18-10-4-5-11-18;/h14H,2-13H2,1H3,(H2,16,17);1H. The molecule has 1 atom stereocenters. The van der Waals surface area contributed by atoms with Crippen LogP contribution in [-0.2, 0) is 0 Å². The SMILES string of the molecule is CC1CCCN(C(N)=NCCCCN2CCCC2)C1.I. The van der Waals surface area contributed by atoms with Crippen LogP contribution in [0.5, 0.6) is 0 Å². The number of nitrogens with two attached hydrogens (primary N) is 1. The van der Waals surface area contributed by atoms with Gasteiger partial charge in [0.15, 0.2) is 5.96 Å². The van der Waals surface area contributed by atoms with Gasteiger partial charge in [0.25, 0.3) is 0 Å². The van der Waals surface area contributed by atoms with Crippen molar-refractivity contribution in [2.75, 3.05) is 39.3 Å². The van der Waals surface area contributed by atoms with E-state index in [1.54, 1.807) is 0 Å². The van der Waals surface area contributed by atoms with E-state index in [9.17, 15) is 0 Å². The lowest BCUT2D eigenvalue weighted by molar-refractivity contribution is 0.270. The Balaban J connectivity index is 0.00000200. The zero-order chi connectivity index (χ0) is 13.5. The second-order valence-electron chi connectivity index (χ2n) is 6.19. The van der Waals surface area contributed by atoms with E-state index in [1.165, 1.54) is 58.2 Å². The Bertz CT molecular complexity index is 290. The van der Waals surface area contributed by atoms with E-state index in [1.807, 2.05) is 0 Å². The lowest BCUT2D eigenvalue weighted by atomic mass is 10.0. The summed E-state index contributed by atoms with van der Waals surface area (Å²) in [4.78, 5) is 9.38. The summed E-state index contributed by atoms with van der Waals surface area (Å²) in [6.07, 6.45) is 7.79. The Morgan fingerprint density at radius 3 is 2.60 bits per heavy atom. The molecule has 2 aliphatic rings. The predicted molar refractivity (Wildman–Crippen MR) is 96.8 cm³/mol. The monoisotopic (exact) mass is 394 g/mol. The largest absolute Gasteiger partial charge is 0.370 e. The van der Waals surface area contributed by atoms with Gasteiger partial charge in [-0.25, -0.2) is 0 Å². The number of halogens is 1. The van der Waals surface area contributed by atoms with Crippen LogP contribution < -0.4 is 5.73 Å². The number of nitrogens with zero attached hydrogens (tertiary/aromatic N) is 3. The first-order valence-electron chi connectivity index (χ1n) is 8.03. The van der Waals surface area contributed by atoms with E-state index < -0.39 is 0 Å². The first-order valence-corrected chi connectivity index (χ1v) is 8.03. The minimum absolute atomic E-state index is 0. The van der Waals surface area contributed by atoms with Crippen molar-refractivity contribution in [2.45, 2.75) is 45.4 Å². The van der Waals surface area contributed by atoms with Gasteiger partial charge in [0.2, 0.25) is 0 Å². The Morgan fingerprint density at radius 2 is 1.90 bits per heavy atom. The fraction of sp³-hybridized carbons (Fsp3) is 0.933. The molecule has 0 saturated carbocycles. The molecule has 2 heterocycles. The molecule has 0 aromatic carbocycles. The fourth-order valence-corrected chi connectivity index (χ4v) is 3.14. The van der Waals surface area contributed by atoms with Gasteiger partial charge >= 0.3 is 0 Å². The zero-order valence-electron chi connectivity index (χ0n) is 12.9. The summed E-state index contributed by atoms with van der Waals surface area (Å²) in [7, 11) is 0. The van der Waals surface area contributed by atoms with Crippen LogP contribution in [0.25, 0.3) is 0 Å². The Hall–Kier alpha value is -0.0400. The lowest BCUT2D eigenvalue weighted by Gasteiger charge is -2.31. The molecule has 118 valence electrons. The van der Waals surface area contributed by atoms with Crippen molar-refractivity contribution in [1.29, 1.82) is 0 Å². The molecule has 0 bridgehead atoms. The lowest BCUT2D eigenvalue weighted by Crippen LogP contribution is -2.43. The quantitative estimate of drug-likeness (QED) is 0.337. The Kier molecular flexibility index (Phi) is 8.84. The number of rotatable bonds is 5. The minimum Gasteiger partial charge on any atom is -0.370 e. The van der Waals surface area contributed by atoms with Gasteiger partial charge in [-0.3, -0.25) is 4.99 Å². The highest BCUT2D eigenvalue weighted by Crippen LogP contribution is 2.15. The second-order valence-corrected chi connectivity index (χ2v) is 6.19. The van der Waals surface area contributed by atoms with E-state index in [0.717, 1.165) is 31.5 Å². The number of hydrogen-bond donors (Lipinski definition) is 1. The van der Waals surface area contributed by atoms with E-state index in [4.69, 9.17) is 5.73 Å². The molecule has 0 aliphatic carbocycles. The molecular formula is C15H31IN4. The Labute approximate surface area is 141 Å². The summed E-state index contributed by atoms with van der Waals surface area (Å²) in [6.45, 7) is 9.22. The molecule has 1 unspecified atom stereocenters. The molecule has 2 N–H and O–H groups in total. The average Bonchev–Trinajstić information content (AvgIpc) is 2.91. The highest BCUT2D eigenvalue weighted by molar-refractivity contribution is 14.0. The molecule has 0 radical (unpaired) electrons. The maximum Gasteiger partial charge on any atom is 0.191 e. The van der Waals surface area contributed by atoms with Gasteiger partial charge in [-0.2, -0.15) is 0 Å². The average molecular weight is 394 g/mol. The third kappa shape index (κ3) is 6.16. The second kappa shape index (κ2) is 9.82. The van der Waals surface area contributed by atoms with Crippen LogP contribution in [0.1, 0.15) is 45.4 Å². The van der Waals surface area contributed by atoms with Crippen LogP contribution in [-0.4, -0.2) is 55.0 Å². The number of piperidine rings is 1.